The molecule has 0 saturated carbocycles. The second kappa shape index (κ2) is 11.4. The van der Waals surface area contributed by atoms with Gasteiger partial charge in [-0.2, -0.15) is 9.97 Å². The second-order valence-electron chi connectivity index (χ2n) is 11.1. The van der Waals surface area contributed by atoms with Gasteiger partial charge in [0.25, 0.3) is 0 Å². The van der Waals surface area contributed by atoms with E-state index in [-0.39, 0.29) is 40.4 Å². The van der Waals surface area contributed by atoms with E-state index in [4.69, 9.17) is 32.0 Å². The number of hydrogen-bond acceptors (Lipinski definition) is 9. The lowest BCUT2D eigenvalue weighted by Crippen LogP contribution is -2.25. The van der Waals surface area contributed by atoms with E-state index < -0.39 is 28.7 Å². The fourth-order valence-corrected chi connectivity index (χ4v) is 6.32. The lowest BCUT2D eigenvalue weighted by atomic mass is 10.1. The third kappa shape index (κ3) is 4.88. The van der Waals surface area contributed by atoms with Crippen LogP contribution in [0.2, 0.25) is 10.0 Å². The Morgan fingerprint density at radius 2 is 1.41 bits per heavy atom. The van der Waals surface area contributed by atoms with E-state index in [9.17, 15) is 9.59 Å². The summed E-state index contributed by atoms with van der Waals surface area (Å²) >= 11 is 12.6. The summed E-state index contributed by atoms with van der Waals surface area (Å²) in [7, 11) is 1.54. The topological polar surface area (TPSA) is 133 Å². The molecule has 0 aliphatic rings. The Hall–Kier alpha value is -5.79. The molecule has 5 heterocycles. The van der Waals surface area contributed by atoms with E-state index in [2.05, 4.69) is 25.6 Å². The molecule has 8 aromatic rings. The lowest BCUT2D eigenvalue weighted by molar-refractivity contribution is 0.558. The van der Waals surface area contributed by atoms with Gasteiger partial charge >= 0.3 is 11.4 Å². The van der Waals surface area contributed by atoms with Crippen LogP contribution < -0.4 is 22.0 Å². The number of aromatic nitrogens is 5. The number of furan rings is 2. The van der Waals surface area contributed by atoms with Gasteiger partial charge < -0.3 is 19.5 Å². The number of hydrogen-bond donors (Lipinski definition) is 2. The molecule has 244 valence electrons. The molecule has 5 aromatic heterocycles. The Bertz CT molecular complexity index is 2790. The van der Waals surface area contributed by atoms with Gasteiger partial charge in [0.05, 0.1) is 5.69 Å². The largest absolute Gasteiger partial charge is 0.450 e. The Kier molecular flexibility index (Phi) is 7.12. The molecule has 0 spiro atoms. The van der Waals surface area contributed by atoms with Gasteiger partial charge in [-0.05, 0) is 61.5 Å². The number of anilines is 2. The maximum atomic E-state index is 16.5. The molecule has 11 nitrogen and oxygen atoms in total. The van der Waals surface area contributed by atoms with Crippen LogP contribution >= 0.6 is 23.2 Å². The highest BCUT2D eigenvalue weighted by Crippen LogP contribution is 2.37. The number of fused-ring (bicyclic) bond motifs is 6. The van der Waals surface area contributed by atoms with Crippen LogP contribution in [0.25, 0.3) is 55.5 Å². The van der Waals surface area contributed by atoms with Crippen LogP contribution in [-0.4, -0.2) is 31.1 Å². The first-order valence-corrected chi connectivity index (χ1v) is 15.5. The van der Waals surface area contributed by atoms with Crippen LogP contribution in [0.4, 0.5) is 20.4 Å². The van der Waals surface area contributed by atoms with Crippen LogP contribution in [0.5, 0.6) is 0 Å². The van der Waals surface area contributed by atoms with Crippen molar-refractivity contribution in [1.29, 1.82) is 0 Å². The van der Waals surface area contributed by atoms with Gasteiger partial charge in [0.2, 0.25) is 0 Å². The highest BCUT2D eigenvalue weighted by Gasteiger charge is 2.26. The Balaban J connectivity index is 1.28. The van der Waals surface area contributed by atoms with Gasteiger partial charge in [0, 0.05) is 51.9 Å². The van der Waals surface area contributed by atoms with Crippen molar-refractivity contribution in [3.05, 3.63) is 121 Å². The van der Waals surface area contributed by atoms with Crippen molar-refractivity contribution >= 4 is 79.0 Å². The molecule has 0 radical (unpaired) electrons. The number of benzene rings is 3. The van der Waals surface area contributed by atoms with Gasteiger partial charge in [-0.25, -0.2) is 18.4 Å². The van der Waals surface area contributed by atoms with Gasteiger partial charge in [-0.3, -0.25) is 14.1 Å². The number of pyridine rings is 1. The first-order valence-electron chi connectivity index (χ1n) is 14.7. The van der Waals surface area contributed by atoms with E-state index >= 15 is 8.78 Å². The van der Waals surface area contributed by atoms with Gasteiger partial charge in [-0.15, -0.1) is 0 Å². The first-order chi connectivity index (χ1) is 23.6. The van der Waals surface area contributed by atoms with E-state index in [0.717, 1.165) is 10.6 Å². The third-order valence-corrected chi connectivity index (χ3v) is 8.58. The van der Waals surface area contributed by atoms with Crippen LogP contribution in [-0.2, 0) is 6.54 Å². The molecule has 0 aliphatic heterocycles. The summed E-state index contributed by atoms with van der Waals surface area (Å²) in [5.74, 6) is -1.99. The van der Waals surface area contributed by atoms with Crippen molar-refractivity contribution in [2.24, 2.45) is 0 Å². The molecule has 49 heavy (non-hydrogen) atoms. The summed E-state index contributed by atoms with van der Waals surface area (Å²) in [5, 5.41) is 7.40. The molecule has 0 bridgehead atoms. The van der Waals surface area contributed by atoms with E-state index in [1.807, 2.05) is 0 Å². The van der Waals surface area contributed by atoms with Crippen LogP contribution in [0.3, 0.4) is 0 Å². The minimum Gasteiger partial charge on any atom is -0.450 e. The van der Waals surface area contributed by atoms with Crippen molar-refractivity contribution in [2.45, 2.75) is 13.5 Å². The molecule has 0 atom stereocenters. The highest BCUT2D eigenvalue weighted by atomic mass is 35.5. The number of nitrogens with one attached hydrogen (secondary N) is 2. The van der Waals surface area contributed by atoms with Crippen molar-refractivity contribution in [3.63, 3.8) is 0 Å². The van der Waals surface area contributed by atoms with Crippen molar-refractivity contribution in [2.75, 3.05) is 17.7 Å². The predicted octanol–water partition coefficient (Wildman–Crippen LogP) is 7.52. The summed E-state index contributed by atoms with van der Waals surface area (Å²) in [6, 6.07) is 15.3. The standard InChI is InChI=1S/C34H21Cl2F2N7O4/c1-15-11-19(9-10-40-15)44-26-20-12-17(35)4-7-23(20)49-30(26)32(43-33(44)46)41-14-16-3-6-22(37)28(25(16)38)45-27-21-13-18(36)5-8-24(21)48-29(27)31(39-2)42-34(45)47/h3-13H,14H2,1-2H3,(H,39,42,47)(H,41,43,46). The molecule has 3 aromatic carbocycles. The normalized spacial score (nSPS) is 11.7. The smallest absolute Gasteiger partial charge is 0.355 e. The molecule has 0 unspecified atom stereocenters. The maximum Gasteiger partial charge on any atom is 0.355 e. The maximum absolute atomic E-state index is 16.5. The van der Waals surface area contributed by atoms with Crippen LogP contribution in [0.1, 0.15) is 11.3 Å². The highest BCUT2D eigenvalue weighted by molar-refractivity contribution is 6.32. The van der Waals surface area contributed by atoms with E-state index in [1.54, 1.807) is 55.6 Å². The van der Waals surface area contributed by atoms with Gasteiger partial charge in [0.1, 0.15) is 33.7 Å². The predicted molar refractivity (Wildman–Crippen MR) is 184 cm³/mol. The molecular weight excluding hydrogens is 679 g/mol. The summed E-state index contributed by atoms with van der Waals surface area (Å²) in [6.07, 6.45) is 1.57. The molecule has 0 aliphatic carbocycles. The van der Waals surface area contributed by atoms with Gasteiger partial charge in [0.15, 0.2) is 28.6 Å². The summed E-state index contributed by atoms with van der Waals surface area (Å²) < 4.78 is 46.3. The fraction of sp³-hybridized carbons (Fsp3) is 0.0882. The average Bonchev–Trinajstić information content (AvgIpc) is 3.63. The van der Waals surface area contributed by atoms with Crippen LogP contribution in [0, 0.1) is 18.6 Å². The van der Waals surface area contributed by atoms with Crippen molar-refractivity contribution < 1.29 is 17.6 Å². The molecule has 0 fully saturated rings. The quantitative estimate of drug-likeness (QED) is 0.181. The van der Waals surface area contributed by atoms with E-state index in [1.165, 1.54) is 23.7 Å². The number of nitrogens with zero attached hydrogens (tertiary/aromatic N) is 5. The third-order valence-electron chi connectivity index (χ3n) is 8.11. The number of aryl methyl sites for hydroxylation is 1. The zero-order valence-corrected chi connectivity index (χ0v) is 27.0. The Morgan fingerprint density at radius 1 is 0.796 bits per heavy atom. The molecule has 2 N–H and O–H groups in total. The summed E-state index contributed by atoms with van der Waals surface area (Å²) in [6.45, 7) is 1.51. The molecule has 8 rings (SSSR count). The Labute approximate surface area is 283 Å². The minimum absolute atomic E-state index is 0.00898. The lowest BCUT2D eigenvalue weighted by Gasteiger charge is -2.15. The second-order valence-corrected chi connectivity index (χ2v) is 12.0. The van der Waals surface area contributed by atoms with Crippen molar-refractivity contribution in [1.82, 2.24) is 24.1 Å². The molecule has 0 amide bonds. The zero-order chi connectivity index (χ0) is 34.1. The number of halogens is 4. The molecular formula is C34H21Cl2F2N7O4. The zero-order valence-electron chi connectivity index (χ0n) is 25.4. The van der Waals surface area contributed by atoms with Gasteiger partial charge in [-0.1, -0.05) is 29.3 Å². The summed E-state index contributed by atoms with van der Waals surface area (Å²) in [5.41, 5.74) is 0.338. The molecule has 15 heteroatoms. The fourth-order valence-electron chi connectivity index (χ4n) is 5.97. The minimum atomic E-state index is -1.06. The monoisotopic (exact) mass is 699 g/mol. The molecule has 0 saturated heterocycles. The first kappa shape index (κ1) is 30.5. The summed E-state index contributed by atoms with van der Waals surface area (Å²) in [4.78, 5) is 39.4. The average molecular weight is 700 g/mol. The van der Waals surface area contributed by atoms with Crippen LogP contribution in [0.15, 0.2) is 85.3 Å². The Morgan fingerprint density at radius 3 is 2.06 bits per heavy atom. The SMILES string of the molecule is CNc1nc(=O)n(-c2c(F)ccc(CNc3nc(=O)n(-c4ccnc(C)c4)c4c3oc3ccc(Cl)cc34)c2F)c2c1oc1ccc(Cl)cc12. The number of rotatable bonds is 6. The van der Waals surface area contributed by atoms with Crippen molar-refractivity contribution in [3.8, 4) is 11.4 Å². The van der Waals surface area contributed by atoms with E-state index in [0.29, 0.717) is 48.9 Å².